The molecule has 0 saturated heterocycles. The molecule has 0 amide bonds. The van der Waals surface area contributed by atoms with E-state index in [1.807, 2.05) is 12.8 Å². The molecule has 0 aliphatic heterocycles. The fraction of sp³-hybridized carbons (Fsp3) is 0.429. The molecule has 0 spiro atoms. The van der Waals surface area contributed by atoms with Crippen LogP contribution in [0, 0.1) is 23.5 Å². The van der Waals surface area contributed by atoms with Crippen LogP contribution in [0.1, 0.15) is 50.7 Å². The highest BCUT2D eigenvalue weighted by Crippen LogP contribution is 2.47. The van der Waals surface area contributed by atoms with Crippen molar-refractivity contribution in [3.05, 3.63) is 58.2 Å². The summed E-state index contributed by atoms with van der Waals surface area (Å²) < 4.78 is 84.2. The highest BCUT2D eigenvalue weighted by atomic mass is 19.3. The standard InChI is InChI=1S/C21H20F6/c1-3-5-6-7-14-8-9-15(19(23)18(14)22)10-11-17-13-12-16(4-2)20(24,25)21(17,26)27/h8-9,12-13H,3-7H2,1-2H3. The molecule has 2 rings (SSSR count). The first-order valence-electron chi connectivity index (χ1n) is 8.83. The van der Waals surface area contributed by atoms with Crippen molar-refractivity contribution in [1.82, 2.24) is 0 Å². The molecular weight excluding hydrogens is 366 g/mol. The van der Waals surface area contributed by atoms with E-state index in [1.54, 1.807) is 0 Å². The summed E-state index contributed by atoms with van der Waals surface area (Å²) in [5.74, 6) is -7.25. The lowest BCUT2D eigenvalue weighted by molar-refractivity contribution is -0.161. The van der Waals surface area contributed by atoms with Crippen LogP contribution >= 0.6 is 0 Å². The summed E-state index contributed by atoms with van der Waals surface area (Å²) in [7, 11) is 0. The molecule has 0 nitrogen and oxygen atoms in total. The largest absolute Gasteiger partial charge is 0.346 e. The first kappa shape index (κ1) is 21.1. The Kier molecular flexibility index (Phi) is 6.46. The van der Waals surface area contributed by atoms with Crippen LogP contribution in [0.2, 0.25) is 0 Å². The molecule has 0 N–H and O–H groups in total. The minimum absolute atomic E-state index is 0.177. The van der Waals surface area contributed by atoms with Crippen molar-refractivity contribution in [2.75, 3.05) is 0 Å². The van der Waals surface area contributed by atoms with Crippen molar-refractivity contribution in [3.8, 4) is 11.8 Å². The van der Waals surface area contributed by atoms with E-state index in [9.17, 15) is 26.3 Å². The second kappa shape index (κ2) is 8.24. The SMILES string of the molecule is CCCCCc1ccc(C#CC2=CC=C(CC)C(F)(F)C2(F)F)c(F)c1F. The summed E-state index contributed by atoms with van der Waals surface area (Å²) in [5, 5.41) is 0. The average molecular weight is 386 g/mol. The fourth-order valence-electron chi connectivity index (χ4n) is 2.80. The zero-order valence-corrected chi connectivity index (χ0v) is 15.1. The Balaban J connectivity index is 2.34. The Bertz CT molecular complexity index is 821. The van der Waals surface area contributed by atoms with Crippen LogP contribution in [-0.4, -0.2) is 11.8 Å². The zero-order chi connectivity index (χ0) is 20.2. The molecule has 0 atom stereocenters. The minimum Gasteiger partial charge on any atom is -0.203 e. The highest BCUT2D eigenvalue weighted by molar-refractivity contribution is 5.50. The number of allylic oxidation sites excluding steroid dienone is 4. The topological polar surface area (TPSA) is 0 Å². The molecule has 146 valence electrons. The highest BCUT2D eigenvalue weighted by Gasteiger charge is 2.61. The maximum Gasteiger partial charge on any atom is 0.346 e. The van der Waals surface area contributed by atoms with Crippen LogP contribution in [0.4, 0.5) is 26.3 Å². The third kappa shape index (κ3) is 4.07. The van der Waals surface area contributed by atoms with Crippen LogP contribution in [0.15, 0.2) is 35.4 Å². The molecule has 0 aromatic heterocycles. The average Bonchev–Trinajstić information content (AvgIpc) is 2.61. The molecule has 0 heterocycles. The molecule has 1 aliphatic carbocycles. The zero-order valence-electron chi connectivity index (χ0n) is 15.1. The molecule has 1 aromatic rings. The van der Waals surface area contributed by atoms with E-state index in [4.69, 9.17) is 0 Å². The van der Waals surface area contributed by atoms with Gasteiger partial charge in [0.2, 0.25) is 0 Å². The van der Waals surface area contributed by atoms with Gasteiger partial charge in [0.1, 0.15) is 0 Å². The van der Waals surface area contributed by atoms with Crippen molar-refractivity contribution in [1.29, 1.82) is 0 Å². The predicted octanol–water partition coefficient (Wildman–Crippen LogP) is 6.60. The predicted molar refractivity (Wildman–Crippen MR) is 92.8 cm³/mol. The van der Waals surface area contributed by atoms with Gasteiger partial charge in [-0.2, -0.15) is 17.6 Å². The molecule has 0 bridgehead atoms. The second-order valence-corrected chi connectivity index (χ2v) is 6.38. The summed E-state index contributed by atoms with van der Waals surface area (Å²) in [6.07, 6.45) is 4.30. The monoisotopic (exact) mass is 386 g/mol. The first-order valence-corrected chi connectivity index (χ1v) is 8.83. The van der Waals surface area contributed by atoms with Crippen LogP contribution in [0.25, 0.3) is 0 Å². The van der Waals surface area contributed by atoms with Crippen molar-refractivity contribution in [3.63, 3.8) is 0 Å². The van der Waals surface area contributed by atoms with Gasteiger partial charge in [-0.05, 0) is 37.0 Å². The number of aryl methyl sites for hydroxylation is 1. The minimum atomic E-state index is -4.50. The van der Waals surface area contributed by atoms with E-state index in [0.717, 1.165) is 25.0 Å². The number of hydrogen-bond acceptors (Lipinski definition) is 0. The van der Waals surface area contributed by atoms with Gasteiger partial charge in [0, 0.05) is 5.57 Å². The van der Waals surface area contributed by atoms with Gasteiger partial charge in [0.05, 0.1) is 11.1 Å². The molecule has 27 heavy (non-hydrogen) atoms. The maximum absolute atomic E-state index is 14.1. The van der Waals surface area contributed by atoms with E-state index < -0.39 is 40.2 Å². The van der Waals surface area contributed by atoms with Crippen LogP contribution < -0.4 is 0 Å². The normalized spacial score (nSPS) is 17.6. The maximum atomic E-state index is 14.1. The van der Waals surface area contributed by atoms with Gasteiger partial charge in [-0.1, -0.05) is 50.7 Å². The number of rotatable bonds is 5. The van der Waals surface area contributed by atoms with Crippen molar-refractivity contribution in [2.24, 2.45) is 0 Å². The molecule has 1 aliphatic rings. The summed E-state index contributed by atoms with van der Waals surface area (Å²) in [6, 6.07) is 2.52. The van der Waals surface area contributed by atoms with Gasteiger partial charge in [0.15, 0.2) is 11.6 Å². The summed E-state index contributed by atoms with van der Waals surface area (Å²) >= 11 is 0. The van der Waals surface area contributed by atoms with Gasteiger partial charge in [-0.15, -0.1) is 0 Å². The molecule has 0 fully saturated rings. The molecule has 0 saturated carbocycles. The quantitative estimate of drug-likeness (QED) is 0.304. The van der Waals surface area contributed by atoms with Crippen molar-refractivity contribution in [2.45, 2.75) is 57.8 Å². The second-order valence-electron chi connectivity index (χ2n) is 6.38. The van der Waals surface area contributed by atoms with E-state index in [2.05, 4.69) is 5.92 Å². The molecule has 0 unspecified atom stereocenters. The lowest BCUT2D eigenvalue weighted by Gasteiger charge is -2.30. The fourth-order valence-corrected chi connectivity index (χ4v) is 2.80. The Morgan fingerprint density at radius 3 is 2.19 bits per heavy atom. The first-order chi connectivity index (χ1) is 12.7. The number of alkyl halides is 4. The number of unbranched alkanes of at least 4 members (excludes halogenated alkanes) is 2. The van der Waals surface area contributed by atoms with Gasteiger partial charge in [-0.3, -0.25) is 0 Å². The number of hydrogen-bond donors (Lipinski definition) is 0. The van der Waals surface area contributed by atoms with Gasteiger partial charge in [-0.25, -0.2) is 8.78 Å². The summed E-state index contributed by atoms with van der Waals surface area (Å²) in [6.45, 7) is 3.33. The summed E-state index contributed by atoms with van der Waals surface area (Å²) in [5.41, 5.74) is -2.10. The molecule has 1 aromatic carbocycles. The summed E-state index contributed by atoms with van der Waals surface area (Å²) in [4.78, 5) is 0. The van der Waals surface area contributed by atoms with Crippen molar-refractivity contribution < 1.29 is 26.3 Å². The van der Waals surface area contributed by atoms with E-state index in [-0.39, 0.29) is 12.0 Å². The van der Waals surface area contributed by atoms with Crippen LogP contribution in [0.3, 0.4) is 0 Å². The van der Waals surface area contributed by atoms with Crippen LogP contribution in [0.5, 0.6) is 0 Å². The third-order valence-electron chi connectivity index (χ3n) is 4.51. The van der Waals surface area contributed by atoms with Gasteiger partial charge < -0.3 is 0 Å². The van der Waals surface area contributed by atoms with E-state index in [0.29, 0.717) is 12.8 Å². The third-order valence-corrected chi connectivity index (χ3v) is 4.51. The Labute approximate surface area is 155 Å². The van der Waals surface area contributed by atoms with E-state index >= 15 is 0 Å². The van der Waals surface area contributed by atoms with E-state index in [1.165, 1.54) is 19.1 Å². The molecular formula is C21H20F6. The smallest absolute Gasteiger partial charge is 0.203 e. The Morgan fingerprint density at radius 2 is 1.56 bits per heavy atom. The van der Waals surface area contributed by atoms with Crippen LogP contribution in [-0.2, 0) is 6.42 Å². The van der Waals surface area contributed by atoms with Crippen molar-refractivity contribution >= 4 is 0 Å². The van der Waals surface area contributed by atoms with Gasteiger partial charge in [0.25, 0.3) is 0 Å². The number of halogens is 6. The Hall–Kier alpha value is -2.16. The molecule has 0 radical (unpaired) electrons. The number of benzene rings is 1. The lowest BCUT2D eigenvalue weighted by Crippen LogP contribution is -2.44. The molecule has 6 heteroatoms. The Morgan fingerprint density at radius 1 is 0.852 bits per heavy atom. The lowest BCUT2D eigenvalue weighted by atomic mass is 9.89. The van der Waals surface area contributed by atoms with Gasteiger partial charge >= 0.3 is 11.8 Å².